The van der Waals surface area contributed by atoms with Gasteiger partial charge >= 0.3 is 5.97 Å². The van der Waals surface area contributed by atoms with Crippen molar-refractivity contribution in [1.29, 1.82) is 0 Å². The highest BCUT2D eigenvalue weighted by Gasteiger charge is 2.24. The molecule has 1 aromatic heterocycles. The first-order valence-corrected chi connectivity index (χ1v) is 9.20. The van der Waals surface area contributed by atoms with Crippen LogP contribution in [0.2, 0.25) is 0 Å². The molecule has 0 spiro atoms. The molecule has 8 nitrogen and oxygen atoms in total. The molecule has 0 fully saturated rings. The highest BCUT2D eigenvalue weighted by atomic mass is 127. The fourth-order valence-electron chi connectivity index (χ4n) is 2.78. The Labute approximate surface area is 168 Å². The van der Waals surface area contributed by atoms with Gasteiger partial charge in [-0.05, 0) is 65.3 Å². The monoisotopic (exact) mass is 482 g/mol. The van der Waals surface area contributed by atoms with Gasteiger partial charge in [-0.15, -0.1) is 0 Å². The van der Waals surface area contributed by atoms with Crippen molar-refractivity contribution in [2.75, 3.05) is 18.1 Å². The summed E-state index contributed by atoms with van der Waals surface area (Å²) in [5, 5.41) is 10.9. The summed E-state index contributed by atoms with van der Waals surface area (Å²) in [5.74, 6) is -0.524. The summed E-state index contributed by atoms with van der Waals surface area (Å²) in [7, 11) is 0. The number of nitrogens with zero attached hydrogens (tertiary/aromatic N) is 2. The lowest BCUT2D eigenvalue weighted by atomic mass is 10.0. The third kappa shape index (κ3) is 4.73. The van der Waals surface area contributed by atoms with Crippen LogP contribution in [-0.2, 0) is 20.7 Å². The molecule has 3 rings (SSSR count). The van der Waals surface area contributed by atoms with E-state index < -0.39 is 17.5 Å². The number of fused-ring (bicyclic) bond motifs is 1. The Morgan fingerprint density at radius 3 is 2.85 bits per heavy atom. The maximum absolute atomic E-state index is 12.4. The predicted molar refractivity (Wildman–Crippen MR) is 105 cm³/mol. The van der Waals surface area contributed by atoms with Crippen LogP contribution in [0, 0.1) is 13.9 Å². The molecule has 0 saturated carbocycles. The largest absolute Gasteiger partial charge is 0.452 e. The maximum atomic E-state index is 12.4. The number of rotatable bonds is 5. The third-order valence-corrected chi connectivity index (χ3v) is 4.59. The quantitative estimate of drug-likeness (QED) is 0.213. The Kier molecular flexibility index (Phi) is 5.89. The zero-order valence-corrected chi connectivity index (χ0v) is 16.2. The number of furan rings is 1. The molecule has 1 aromatic carbocycles. The van der Waals surface area contributed by atoms with E-state index in [1.165, 1.54) is 29.2 Å². The van der Waals surface area contributed by atoms with Gasteiger partial charge in [-0.3, -0.25) is 14.9 Å². The number of halogens is 1. The normalized spacial score (nSPS) is 13.4. The first kappa shape index (κ1) is 19.1. The summed E-state index contributed by atoms with van der Waals surface area (Å²) in [6.07, 6.45) is 4.00. The summed E-state index contributed by atoms with van der Waals surface area (Å²) in [4.78, 5) is 36.1. The lowest BCUT2D eigenvalue weighted by Gasteiger charge is -2.29. The number of benzene rings is 1. The second-order valence-electron chi connectivity index (χ2n) is 5.80. The molecular weight excluding hydrogens is 467 g/mol. The Bertz CT molecular complexity index is 920. The van der Waals surface area contributed by atoms with Gasteiger partial charge in [0.25, 0.3) is 11.6 Å². The molecule has 1 aliphatic heterocycles. The van der Waals surface area contributed by atoms with Gasteiger partial charge < -0.3 is 14.1 Å². The zero-order chi connectivity index (χ0) is 19.4. The van der Waals surface area contributed by atoms with Crippen LogP contribution in [-0.4, -0.2) is 30.0 Å². The van der Waals surface area contributed by atoms with E-state index in [2.05, 4.69) is 0 Å². The number of non-ortho nitro benzene ring substituents is 1. The van der Waals surface area contributed by atoms with E-state index in [9.17, 15) is 19.7 Å². The maximum Gasteiger partial charge on any atom is 0.331 e. The van der Waals surface area contributed by atoms with Crippen LogP contribution >= 0.6 is 22.6 Å². The molecular formula is C18H15IN2O6. The van der Waals surface area contributed by atoms with Crippen molar-refractivity contribution in [3.63, 3.8) is 0 Å². The average molecular weight is 482 g/mol. The van der Waals surface area contributed by atoms with Crippen LogP contribution in [0.15, 0.2) is 40.8 Å². The van der Waals surface area contributed by atoms with Gasteiger partial charge in [-0.25, -0.2) is 4.79 Å². The minimum Gasteiger partial charge on any atom is -0.452 e. The topological polar surface area (TPSA) is 103 Å². The number of ether oxygens (including phenoxy) is 1. The molecule has 2 heterocycles. The molecule has 0 bridgehead atoms. The standard InChI is InChI=1S/C18H15IN2O6/c19-16-7-4-14(27-16)5-8-18(23)26-11-17(22)20-9-1-2-12-10-13(21(24)25)3-6-15(12)20/h3-8,10H,1-2,9,11H2/b8-5+. The highest BCUT2D eigenvalue weighted by Crippen LogP contribution is 2.30. The molecule has 0 saturated heterocycles. The number of amides is 1. The van der Waals surface area contributed by atoms with Gasteiger partial charge in [0.2, 0.25) is 0 Å². The average Bonchev–Trinajstić information content (AvgIpc) is 3.08. The molecule has 27 heavy (non-hydrogen) atoms. The number of nitro groups is 1. The van der Waals surface area contributed by atoms with Gasteiger partial charge in [0.15, 0.2) is 10.4 Å². The summed E-state index contributed by atoms with van der Waals surface area (Å²) >= 11 is 2.01. The number of aryl methyl sites for hydroxylation is 1. The Morgan fingerprint density at radius 1 is 1.33 bits per heavy atom. The van der Waals surface area contributed by atoms with Gasteiger partial charge in [0, 0.05) is 30.4 Å². The Balaban J connectivity index is 1.61. The SMILES string of the molecule is O=C(/C=C/c1ccc(I)o1)OCC(=O)N1CCCc2cc([N+](=O)[O-])ccc21. The minimum absolute atomic E-state index is 0.00722. The molecule has 140 valence electrons. The number of carbonyl (C=O) groups is 2. The smallest absolute Gasteiger partial charge is 0.331 e. The number of carbonyl (C=O) groups excluding carboxylic acids is 2. The van der Waals surface area contributed by atoms with Gasteiger partial charge in [-0.1, -0.05) is 0 Å². The molecule has 2 aromatic rings. The van der Waals surface area contributed by atoms with E-state index in [0.29, 0.717) is 34.6 Å². The number of nitro benzene ring substituents is 1. The predicted octanol–water partition coefficient (Wildman–Crippen LogP) is 3.33. The molecule has 0 atom stereocenters. The molecule has 0 N–H and O–H groups in total. The first-order valence-electron chi connectivity index (χ1n) is 8.12. The molecule has 0 radical (unpaired) electrons. The zero-order valence-electron chi connectivity index (χ0n) is 14.1. The van der Waals surface area contributed by atoms with E-state index in [4.69, 9.17) is 9.15 Å². The van der Waals surface area contributed by atoms with Gasteiger partial charge in [-0.2, -0.15) is 0 Å². The van der Waals surface area contributed by atoms with Crippen molar-refractivity contribution in [3.05, 3.63) is 61.6 Å². The van der Waals surface area contributed by atoms with Gasteiger partial charge in [0.1, 0.15) is 5.76 Å². The molecule has 1 aliphatic rings. The Morgan fingerprint density at radius 2 is 2.15 bits per heavy atom. The van der Waals surface area contributed by atoms with E-state index in [1.807, 2.05) is 22.6 Å². The van der Waals surface area contributed by atoms with E-state index >= 15 is 0 Å². The second-order valence-corrected chi connectivity index (χ2v) is 6.87. The van der Waals surface area contributed by atoms with Crippen LogP contribution in [0.25, 0.3) is 6.08 Å². The highest BCUT2D eigenvalue weighted by molar-refractivity contribution is 14.1. The van der Waals surface area contributed by atoms with Crippen molar-refractivity contribution in [2.45, 2.75) is 12.8 Å². The minimum atomic E-state index is -0.657. The summed E-state index contributed by atoms with van der Waals surface area (Å²) < 4.78 is 11.0. The van der Waals surface area contributed by atoms with E-state index in [-0.39, 0.29) is 11.6 Å². The van der Waals surface area contributed by atoms with Crippen molar-refractivity contribution in [1.82, 2.24) is 0 Å². The fraction of sp³-hybridized carbons (Fsp3) is 0.222. The van der Waals surface area contributed by atoms with Crippen LogP contribution < -0.4 is 4.90 Å². The number of anilines is 1. The van der Waals surface area contributed by atoms with Crippen molar-refractivity contribution in [2.24, 2.45) is 0 Å². The molecule has 0 aliphatic carbocycles. The van der Waals surface area contributed by atoms with Crippen molar-refractivity contribution < 1.29 is 23.7 Å². The fourth-order valence-corrected chi connectivity index (χ4v) is 3.22. The van der Waals surface area contributed by atoms with Crippen molar-refractivity contribution >= 4 is 51.9 Å². The van der Waals surface area contributed by atoms with E-state index in [0.717, 1.165) is 5.56 Å². The van der Waals surface area contributed by atoms with Crippen LogP contribution in [0.4, 0.5) is 11.4 Å². The summed E-state index contributed by atoms with van der Waals surface area (Å²) in [6, 6.07) is 7.87. The van der Waals surface area contributed by atoms with Crippen molar-refractivity contribution in [3.8, 4) is 0 Å². The first-order chi connectivity index (χ1) is 12.9. The summed E-state index contributed by atoms with van der Waals surface area (Å²) in [5.41, 5.74) is 1.35. The third-order valence-electron chi connectivity index (χ3n) is 4.01. The number of hydrogen-bond acceptors (Lipinski definition) is 6. The summed E-state index contributed by atoms with van der Waals surface area (Å²) in [6.45, 7) is 0.0666. The lowest BCUT2D eigenvalue weighted by molar-refractivity contribution is -0.384. The Hall–Kier alpha value is -2.69. The molecule has 0 unspecified atom stereocenters. The number of hydrogen-bond donors (Lipinski definition) is 0. The van der Waals surface area contributed by atoms with Crippen LogP contribution in [0.1, 0.15) is 17.7 Å². The van der Waals surface area contributed by atoms with Crippen LogP contribution in [0.3, 0.4) is 0 Å². The second kappa shape index (κ2) is 8.33. The lowest BCUT2D eigenvalue weighted by Crippen LogP contribution is -2.38. The van der Waals surface area contributed by atoms with Crippen LogP contribution in [0.5, 0.6) is 0 Å². The van der Waals surface area contributed by atoms with Gasteiger partial charge in [0.05, 0.1) is 4.92 Å². The number of esters is 1. The molecule has 1 amide bonds. The van der Waals surface area contributed by atoms with E-state index in [1.54, 1.807) is 18.2 Å². The molecule has 9 heteroatoms.